The van der Waals surface area contributed by atoms with Gasteiger partial charge in [-0.15, -0.1) is 0 Å². The first-order chi connectivity index (χ1) is 8.17. The van der Waals surface area contributed by atoms with Gasteiger partial charge in [0.1, 0.15) is 0 Å². The molecule has 1 aromatic rings. The Bertz CT molecular complexity index is 309. The molecule has 0 aliphatic rings. The third kappa shape index (κ3) is 4.86. The van der Waals surface area contributed by atoms with Crippen molar-refractivity contribution in [2.45, 2.75) is 39.4 Å². The molecule has 0 amide bonds. The second-order valence-corrected chi connectivity index (χ2v) is 4.66. The maximum atomic E-state index is 8.89. The van der Waals surface area contributed by atoms with Crippen molar-refractivity contribution in [2.24, 2.45) is 5.73 Å². The fourth-order valence-electron chi connectivity index (χ4n) is 1.81. The Morgan fingerprint density at radius 2 is 1.76 bits per heavy atom. The van der Waals surface area contributed by atoms with Gasteiger partial charge in [0.2, 0.25) is 0 Å². The topological polar surface area (TPSA) is 49.5 Å². The predicted octanol–water partition coefficient (Wildman–Crippen LogP) is 1.74. The van der Waals surface area contributed by atoms with Gasteiger partial charge in [0.25, 0.3) is 0 Å². The lowest BCUT2D eigenvalue weighted by Gasteiger charge is -2.26. The SMILES string of the molecule is CC(C)N(CCCO)Cc1ccc(CN)cc1. The number of rotatable bonds is 7. The zero-order valence-electron chi connectivity index (χ0n) is 10.9. The van der Waals surface area contributed by atoms with Crippen LogP contribution >= 0.6 is 0 Å². The van der Waals surface area contributed by atoms with Crippen molar-refractivity contribution in [2.75, 3.05) is 13.2 Å². The zero-order valence-corrected chi connectivity index (χ0v) is 10.9. The van der Waals surface area contributed by atoms with Crippen molar-refractivity contribution in [1.82, 2.24) is 4.90 Å². The van der Waals surface area contributed by atoms with Gasteiger partial charge in [-0.1, -0.05) is 24.3 Å². The molecule has 0 aliphatic heterocycles. The highest BCUT2D eigenvalue weighted by Crippen LogP contribution is 2.10. The van der Waals surface area contributed by atoms with Crippen LogP contribution < -0.4 is 5.73 Å². The molecular formula is C14H24N2O. The molecule has 0 aliphatic carbocycles. The van der Waals surface area contributed by atoms with E-state index in [0.717, 1.165) is 19.5 Å². The van der Waals surface area contributed by atoms with Crippen LogP contribution in [0, 0.1) is 0 Å². The van der Waals surface area contributed by atoms with Gasteiger partial charge in [-0.05, 0) is 31.4 Å². The summed E-state index contributed by atoms with van der Waals surface area (Å²) in [6, 6.07) is 8.93. The third-order valence-electron chi connectivity index (χ3n) is 2.98. The van der Waals surface area contributed by atoms with Gasteiger partial charge in [-0.3, -0.25) is 4.90 Å². The molecule has 0 fully saturated rings. The van der Waals surface area contributed by atoms with Crippen LogP contribution in [0.5, 0.6) is 0 Å². The first-order valence-electron chi connectivity index (χ1n) is 6.30. The van der Waals surface area contributed by atoms with E-state index in [4.69, 9.17) is 10.8 Å². The van der Waals surface area contributed by atoms with E-state index in [9.17, 15) is 0 Å². The molecule has 0 heterocycles. The Labute approximate surface area is 104 Å². The highest BCUT2D eigenvalue weighted by Gasteiger charge is 2.09. The summed E-state index contributed by atoms with van der Waals surface area (Å²) in [6.07, 6.45) is 0.832. The largest absolute Gasteiger partial charge is 0.396 e. The van der Waals surface area contributed by atoms with Crippen molar-refractivity contribution in [3.8, 4) is 0 Å². The third-order valence-corrected chi connectivity index (χ3v) is 2.98. The standard InChI is InChI=1S/C14H24N2O/c1-12(2)16(8-3-9-17)11-14-6-4-13(10-15)5-7-14/h4-7,12,17H,3,8-11,15H2,1-2H3. The Kier molecular flexibility index (Phi) is 6.19. The van der Waals surface area contributed by atoms with Gasteiger partial charge in [-0.2, -0.15) is 0 Å². The smallest absolute Gasteiger partial charge is 0.0443 e. The van der Waals surface area contributed by atoms with Crippen LogP contribution in [-0.4, -0.2) is 29.2 Å². The zero-order chi connectivity index (χ0) is 12.7. The van der Waals surface area contributed by atoms with Crippen molar-refractivity contribution in [3.63, 3.8) is 0 Å². The Hall–Kier alpha value is -0.900. The number of nitrogens with two attached hydrogens (primary N) is 1. The fourth-order valence-corrected chi connectivity index (χ4v) is 1.81. The summed E-state index contributed by atoms with van der Waals surface area (Å²) in [6.45, 7) is 7.10. The van der Waals surface area contributed by atoms with Crippen LogP contribution in [0.15, 0.2) is 24.3 Å². The molecule has 0 bridgehead atoms. The van der Waals surface area contributed by atoms with Crippen molar-refractivity contribution < 1.29 is 5.11 Å². The van der Waals surface area contributed by atoms with E-state index in [-0.39, 0.29) is 6.61 Å². The van der Waals surface area contributed by atoms with Crippen LogP contribution in [0.2, 0.25) is 0 Å². The van der Waals surface area contributed by atoms with Gasteiger partial charge >= 0.3 is 0 Å². The summed E-state index contributed by atoms with van der Waals surface area (Å²) in [5.74, 6) is 0. The molecule has 3 nitrogen and oxygen atoms in total. The summed E-state index contributed by atoms with van der Waals surface area (Å²) in [5, 5.41) is 8.89. The quantitative estimate of drug-likeness (QED) is 0.758. The minimum atomic E-state index is 0.259. The molecule has 0 spiro atoms. The Balaban J connectivity index is 2.58. The highest BCUT2D eigenvalue weighted by molar-refractivity contribution is 5.22. The first kappa shape index (κ1) is 14.2. The van der Waals surface area contributed by atoms with Gasteiger partial charge in [0.15, 0.2) is 0 Å². The van der Waals surface area contributed by atoms with E-state index in [2.05, 4.69) is 43.0 Å². The predicted molar refractivity (Wildman–Crippen MR) is 71.6 cm³/mol. The number of hydrogen-bond acceptors (Lipinski definition) is 3. The van der Waals surface area contributed by atoms with Gasteiger partial charge in [0, 0.05) is 32.3 Å². The molecule has 0 atom stereocenters. The summed E-state index contributed by atoms with van der Waals surface area (Å²) in [7, 11) is 0. The molecule has 1 aromatic carbocycles. The maximum Gasteiger partial charge on any atom is 0.0443 e. The minimum absolute atomic E-state index is 0.259. The second kappa shape index (κ2) is 7.43. The minimum Gasteiger partial charge on any atom is -0.396 e. The van der Waals surface area contributed by atoms with E-state index in [1.54, 1.807) is 0 Å². The van der Waals surface area contributed by atoms with Crippen molar-refractivity contribution in [3.05, 3.63) is 35.4 Å². The monoisotopic (exact) mass is 236 g/mol. The number of aliphatic hydroxyl groups is 1. The van der Waals surface area contributed by atoms with E-state index in [1.165, 1.54) is 11.1 Å². The van der Waals surface area contributed by atoms with E-state index in [0.29, 0.717) is 12.6 Å². The average molecular weight is 236 g/mol. The molecule has 0 saturated heterocycles. The van der Waals surface area contributed by atoms with Crippen molar-refractivity contribution >= 4 is 0 Å². The molecule has 0 aromatic heterocycles. The lowest BCUT2D eigenvalue weighted by atomic mass is 10.1. The first-order valence-corrected chi connectivity index (χ1v) is 6.30. The molecule has 0 saturated carbocycles. The Morgan fingerprint density at radius 3 is 2.24 bits per heavy atom. The van der Waals surface area contributed by atoms with Gasteiger partial charge in [-0.25, -0.2) is 0 Å². The fraction of sp³-hybridized carbons (Fsp3) is 0.571. The van der Waals surface area contributed by atoms with E-state index >= 15 is 0 Å². The summed E-state index contributed by atoms with van der Waals surface area (Å²) < 4.78 is 0. The molecule has 0 unspecified atom stereocenters. The number of hydrogen-bond donors (Lipinski definition) is 2. The van der Waals surface area contributed by atoms with Gasteiger partial charge < -0.3 is 10.8 Å². The van der Waals surface area contributed by atoms with Crippen LogP contribution in [0.3, 0.4) is 0 Å². The van der Waals surface area contributed by atoms with Crippen LogP contribution in [0.4, 0.5) is 0 Å². The summed E-state index contributed by atoms with van der Waals surface area (Å²) in [4.78, 5) is 2.37. The summed E-state index contributed by atoms with van der Waals surface area (Å²) >= 11 is 0. The number of nitrogens with zero attached hydrogens (tertiary/aromatic N) is 1. The number of benzene rings is 1. The van der Waals surface area contributed by atoms with E-state index < -0.39 is 0 Å². The normalized spacial score (nSPS) is 11.4. The molecule has 3 heteroatoms. The van der Waals surface area contributed by atoms with Crippen molar-refractivity contribution in [1.29, 1.82) is 0 Å². The van der Waals surface area contributed by atoms with E-state index in [1.807, 2.05) is 0 Å². The molecule has 3 N–H and O–H groups in total. The molecule has 1 rings (SSSR count). The van der Waals surface area contributed by atoms with Crippen LogP contribution in [-0.2, 0) is 13.1 Å². The van der Waals surface area contributed by atoms with Crippen LogP contribution in [0.25, 0.3) is 0 Å². The molecular weight excluding hydrogens is 212 g/mol. The Morgan fingerprint density at radius 1 is 1.18 bits per heavy atom. The average Bonchev–Trinajstić information content (AvgIpc) is 2.35. The lowest BCUT2D eigenvalue weighted by Crippen LogP contribution is -2.31. The van der Waals surface area contributed by atoms with Gasteiger partial charge in [0.05, 0.1) is 0 Å². The van der Waals surface area contributed by atoms with Crippen LogP contribution in [0.1, 0.15) is 31.4 Å². The number of aliphatic hydroxyl groups excluding tert-OH is 1. The summed E-state index contributed by atoms with van der Waals surface area (Å²) in [5.41, 5.74) is 8.04. The highest BCUT2D eigenvalue weighted by atomic mass is 16.3. The molecule has 17 heavy (non-hydrogen) atoms. The molecule has 96 valence electrons. The second-order valence-electron chi connectivity index (χ2n) is 4.66. The lowest BCUT2D eigenvalue weighted by molar-refractivity contribution is 0.185. The maximum absolute atomic E-state index is 8.89. The molecule has 0 radical (unpaired) electrons.